The van der Waals surface area contributed by atoms with Crippen molar-refractivity contribution >= 4 is 11.6 Å². The average molecular weight is 350 g/mol. The minimum Gasteiger partial charge on any atom is -0.494 e. The molecule has 1 aliphatic heterocycles. The van der Waals surface area contributed by atoms with Crippen molar-refractivity contribution in [3.63, 3.8) is 0 Å². The molecular formula is C18H21ClFN3O. The highest BCUT2D eigenvalue weighted by molar-refractivity contribution is 6.29. The van der Waals surface area contributed by atoms with Gasteiger partial charge in [0, 0.05) is 45.5 Å². The van der Waals surface area contributed by atoms with Gasteiger partial charge >= 0.3 is 0 Å². The molecular weight excluding hydrogens is 329 g/mol. The van der Waals surface area contributed by atoms with Gasteiger partial charge in [-0.15, -0.1) is 0 Å². The molecule has 1 aromatic carbocycles. The number of ether oxygens (including phenoxy) is 1. The summed E-state index contributed by atoms with van der Waals surface area (Å²) in [7, 11) is 1.48. The number of pyridine rings is 1. The van der Waals surface area contributed by atoms with Gasteiger partial charge < -0.3 is 4.74 Å². The quantitative estimate of drug-likeness (QED) is 0.775. The van der Waals surface area contributed by atoms with Crippen LogP contribution in [0.1, 0.15) is 11.1 Å². The summed E-state index contributed by atoms with van der Waals surface area (Å²) in [6.07, 6.45) is 1.83. The van der Waals surface area contributed by atoms with Gasteiger partial charge in [0.25, 0.3) is 0 Å². The maximum Gasteiger partial charge on any atom is 0.165 e. The number of rotatable bonds is 5. The highest BCUT2D eigenvalue weighted by Gasteiger charge is 2.17. The Labute approximate surface area is 146 Å². The predicted molar refractivity (Wildman–Crippen MR) is 92.8 cm³/mol. The van der Waals surface area contributed by atoms with Crippen molar-refractivity contribution in [2.45, 2.75) is 13.1 Å². The Morgan fingerprint density at radius 3 is 2.21 bits per heavy atom. The predicted octanol–water partition coefficient (Wildman–Crippen LogP) is 3.20. The molecule has 24 heavy (non-hydrogen) atoms. The molecule has 0 aliphatic carbocycles. The van der Waals surface area contributed by atoms with Crippen LogP contribution in [0.4, 0.5) is 4.39 Å². The Bertz CT molecular complexity index is 672. The third-order valence-corrected chi connectivity index (χ3v) is 4.51. The summed E-state index contributed by atoms with van der Waals surface area (Å²) in [6, 6.07) is 9.01. The molecule has 2 heterocycles. The fraction of sp³-hybridized carbons (Fsp3) is 0.389. The molecule has 0 saturated carbocycles. The van der Waals surface area contributed by atoms with Crippen molar-refractivity contribution < 1.29 is 9.13 Å². The Morgan fingerprint density at radius 2 is 1.67 bits per heavy atom. The van der Waals surface area contributed by atoms with Crippen LogP contribution < -0.4 is 4.74 Å². The van der Waals surface area contributed by atoms with Crippen molar-refractivity contribution in [1.29, 1.82) is 0 Å². The zero-order valence-electron chi connectivity index (χ0n) is 13.7. The normalized spacial score (nSPS) is 16.3. The molecule has 0 atom stereocenters. The van der Waals surface area contributed by atoms with E-state index in [1.165, 1.54) is 12.7 Å². The minimum absolute atomic E-state index is 0.292. The minimum atomic E-state index is -0.302. The summed E-state index contributed by atoms with van der Waals surface area (Å²) in [5.41, 5.74) is 2.15. The first kappa shape index (κ1) is 17.1. The second-order valence-electron chi connectivity index (χ2n) is 6.01. The van der Waals surface area contributed by atoms with Gasteiger partial charge in [-0.25, -0.2) is 9.37 Å². The molecule has 0 bridgehead atoms. The molecule has 0 amide bonds. The molecule has 0 N–H and O–H groups in total. The van der Waals surface area contributed by atoms with Gasteiger partial charge in [0.2, 0.25) is 0 Å². The van der Waals surface area contributed by atoms with Gasteiger partial charge in [-0.2, -0.15) is 0 Å². The molecule has 1 fully saturated rings. The first-order valence-corrected chi connectivity index (χ1v) is 8.39. The molecule has 0 spiro atoms. The van der Waals surface area contributed by atoms with Crippen LogP contribution in [0.15, 0.2) is 36.5 Å². The number of benzene rings is 1. The number of halogens is 2. The van der Waals surface area contributed by atoms with Crippen LogP contribution in [0.2, 0.25) is 5.15 Å². The first-order valence-electron chi connectivity index (χ1n) is 8.01. The van der Waals surface area contributed by atoms with Gasteiger partial charge in [-0.3, -0.25) is 9.80 Å². The summed E-state index contributed by atoms with van der Waals surface area (Å²) < 4.78 is 18.7. The van der Waals surface area contributed by atoms with Crippen LogP contribution in [0, 0.1) is 5.82 Å². The fourth-order valence-electron chi connectivity index (χ4n) is 2.93. The SMILES string of the molecule is COc1ccc(CN2CCN(Cc3ccc(Cl)nc3)CC2)cc1F. The maximum atomic E-state index is 13.8. The van der Waals surface area contributed by atoms with E-state index in [1.54, 1.807) is 12.1 Å². The summed E-state index contributed by atoms with van der Waals surface area (Å²) in [4.78, 5) is 8.86. The first-order chi connectivity index (χ1) is 11.6. The van der Waals surface area contributed by atoms with E-state index in [-0.39, 0.29) is 5.82 Å². The van der Waals surface area contributed by atoms with Gasteiger partial charge in [0.1, 0.15) is 5.15 Å². The van der Waals surface area contributed by atoms with Gasteiger partial charge in [0.05, 0.1) is 7.11 Å². The molecule has 128 valence electrons. The van der Waals surface area contributed by atoms with Crippen molar-refractivity contribution in [3.05, 3.63) is 58.6 Å². The lowest BCUT2D eigenvalue weighted by Crippen LogP contribution is -2.45. The number of nitrogens with zero attached hydrogens (tertiary/aromatic N) is 3. The van der Waals surface area contributed by atoms with Crippen LogP contribution in [-0.4, -0.2) is 48.1 Å². The Balaban J connectivity index is 1.50. The van der Waals surface area contributed by atoms with Crippen LogP contribution >= 0.6 is 11.6 Å². The maximum absolute atomic E-state index is 13.8. The van der Waals surface area contributed by atoms with Gasteiger partial charge in [0.15, 0.2) is 11.6 Å². The van der Waals surface area contributed by atoms with Crippen LogP contribution in [0.5, 0.6) is 5.75 Å². The van der Waals surface area contributed by atoms with Crippen molar-refractivity contribution in [3.8, 4) is 5.75 Å². The average Bonchev–Trinajstić information content (AvgIpc) is 2.59. The molecule has 6 heteroatoms. The highest BCUT2D eigenvalue weighted by Crippen LogP contribution is 2.19. The van der Waals surface area contributed by atoms with E-state index in [9.17, 15) is 4.39 Å². The van der Waals surface area contributed by atoms with E-state index in [0.717, 1.165) is 44.8 Å². The number of methoxy groups -OCH3 is 1. The van der Waals surface area contributed by atoms with E-state index < -0.39 is 0 Å². The molecule has 0 radical (unpaired) electrons. The van der Waals surface area contributed by atoms with E-state index in [0.29, 0.717) is 10.9 Å². The highest BCUT2D eigenvalue weighted by atomic mass is 35.5. The molecule has 1 saturated heterocycles. The fourth-order valence-corrected chi connectivity index (χ4v) is 3.04. The lowest BCUT2D eigenvalue weighted by atomic mass is 10.1. The standard InChI is InChI=1S/C18H21ClFN3O/c1-24-17-4-2-14(10-16(17)20)12-22-6-8-23(9-7-22)13-15-3-5-18(19)21-11-15/h2-5,10-11H,6-9,12-13H2,1H3. The second kappa shape index (κ2) is 7.92. The van der Waals surface area contributed by atoms with Gasteiger partial charge in [-0.05, 0) is 29.3 Å². The van der Waals surface area contributed by atoms with Crippen molar-refractivity contribution in [2.24, 2.45) is 0 Å². The summed E-state index contributed by atoms with van der Waals surface area (Å²) in [5.74, 6) is -0.0102. The summed E-state index contributed by atoms with van der Waals surface area (Å²) >= 11 is 5.81. The number of piperazine rings is 1. The zero-order chi connectivity index (χ0) is 16.9. The molecule has 0 unspecified atom stereocenters. The van der Waals surface area contributed by atoms with Crippen LogP contribution in [-0.2, 0) is 13.1 Å². The molecule has 1 aliphatic rings. The Hall–Kier alpha value is -1.69. The van der Waals surface area contributed by atoms with E-state index in [2.05, 4.69) is 14.8 Å². The lowest BCUT2D eigenvalue weighted by molar-refractivity contribution is 0.122. The van der Waals surface area contributed by atoms with Crippen LogP contribution in [0.3, 0.4) is 0 Å². The van der Waals surface area contributed by atoms with E-state index >= 15 is 0 Å². The Kier molecular flexibility index (Phi) is 5.66. The molecule has 2 aromatic rings. The lowest BCUT2D eigenvalue weighted by Gasteiger charge is -2.34. The molecule has 4 nitrogen and oxygen atoms in total. The van der Waals surface area contributed by atoms with Crippen molar-refractivity contribution in [1.82, 2.24) is 14.8 Å². The largest absolute Gasteiger partial charge is 0.494 e. The molecule has 3 rings (SSSR count). The molecule has 1 aromatic heterocycles. The van der Waals surface area contributed by atoms with Crippen molar-refractivity contribution in [2.75, 3.05) is 33.3 Å². The zero-order valence-corrected chi connectivity index (χ0v) is 14.5. The van der Waals surface area contributed by atoms with E-state index in [4.69, 9.17) is 16.3 Å². The second-order valence-corrected chi connectivity index (χ2v) is 6.40. The third kappa shape index (κ3) is 4.44. The third-order valence-electron chi connectivity index (χ3n) is 4.28. The summed E-state index contributed by atoms with van der Waals surface area (Å²) in [5, 5.41) is 0.523. The van der Waals surface area contributed by atoms with Gasteiger partial charge in [-0.1, -0.05) is 23.7 Å². The monoisotopic (exact) mass is 349 g/mol. The topological polar surface area (TPSA) is 28.6 Å². The number of hydrogen-bond acceptors (Lipinski definition) is 4. The number of aromatic nitrogens is 1. The van der Waals surface area contributed by atoms with E-state index in [1.807, 2.05) is 24.4 Å². The van der Waals surface area contributed by atoms with Crippen LogP contribution in [0.25, 0.3) is 0 Å². The number of hydrogen-bond donors (Lipinski definition) is 0. The smallest absolute Gasteiger partial charge is 0.165 e. The summed E-state index contributed by atoms with van der Waals surface area (Å²) in [6.45, 7) is 5.55. The Morgan fingerprint density at radius 1 is 1.04 bits per heavy atom.